The van der Waals surface area contributed by atoms with E-state index in [1.165, 1.54) is 11.1 Å². The molecule has 0 spiro atoms. The molecular weight excluding hydrogens is 252 g/mol. The van der Waals surface area contributed by atoms with Crippen LogP contribution in [0.3, 0.4) is 0 Å². The molecule has 1 aromatic carbocycles. The third-order valence-corrected chi connectivity index (χ3v) is 4.26. The lowest BCUT2D eigenvalue weighted by atomic mass is 9.83. The molecule has 1 fully saturated rings. The van der Waals surface area contributed by atoms with Gasteiger partial charge >= 0.3 is 0 Å². The molecule has 0 bridgehead atoms. The first-order chi connectivity index (χ1) is 9.49. The zero-order valence-electron chi connectivity index (χ0n) is 12.2. The van der Waals surface area contributed by atoms with Crippen molar-refractivity contribution >= 4 is 5.91 Å². The van der Waals surface area contributed by atoms with Gasteiger partial charge in [0.15, 0.2) is 0 Å². The van der Waals surface area contributed by atoms with Gasteiger partial charge in [0.2, 0.25) is 5.91 Å². The Hall–Kier alpha value is -1.39. The van der Waals surface area contributed by atoms with Gasteiger partial charge in [0.1, 0.15) is 0 Å². The molecule has 1 aromatic rings. The predicted molar refractivity (Wildman–Crippen MR) is 79.0 cm³/mol. The molecule has 2 rings (SSSR count). The summed E-state index contributed by atoms with van der Waals surface area (Å²) in [7, 11) is 1.84. The predicted octanol–water partition coefficient (Wildman–Crippen LogP) is 1.44. The van der Waals surface area contributed by atoms with Gasteiger partial charge in [-0.15, -0.1) is 0 Å². The van der Waals surface area contributed by atoms with E-state index >= 15 is 0 Å². The first-order valence-electron chi connectivity index (χ1n) is 7.22. The first kappa shape index (κ1) is 15.0. The summed E-state index contributed by atoms with van der Waals surface area (Å²) in [5.41, 5.74) is 8.23. The van der Waals surface area contributed by atoms with Crippen LogP contribution in [0.2, 0.25) is 0 Å². The minimum atomic E-state index is -0.458. The van der Waals surface area contributed by atoms with Crippen LogP contribution >= 0.6 is 0 Å². The molecule has 0 heterocycles. The normalized spacial score (nSPS) is 26.3. The molecule has 0 aromatic heterocycles. The Morgan fingerprint density at radius 2 is 2.10 bits per heavy atom. The van der Waals surface area contributed by atoms with Gasteiger partial charge in [-0.3, -0.25) is 4.79 Å². The van der Waals surface area contributed by atoms with Crippen LogP contribution in [0.5, 0.6) is 0 Å². The summed E-state index contributed by atoms with van der Waals surface area (Å²) in [6, 6.07) is 7.83. The average Bonchev–Trinajstić information content (AvgIpc) is 2.43. The number of nitrogens with two attached hydrogens (primary N) is 1. The van der Waals surface area contributed by atoms with Gasteiger partial charge in [0.25, 0.3) is 0 Å². The fourth-order valence-corrected chi connectivity index (χ4v) is 2.85. The SMILES string of the molecule is Cc1ccccc1CN(C)C(=O)[C@H]1CC[C@@H](O)[C@H](N)C1. The number of aliphatic hydroxyl groups is 1. The number of benzene rings is 1. The molecule has 1 aliphatic carbocycles. The maximum absolute atomic E-state index is 12.5. The molecule has 20 heavy (non-hydrogen) atoms. The highest BCUT2D eigenvalue weighted by molar-refractivity contribution is 5.78. The van der Waals surface area contributed by atoms with Crippen molar-refractivity contribution in [2.75, 3.05) is 7.05 Å². The second kappa shape index (κ2) is 6.37. The molecule has 1 saturated carbocycles. The van der Waals surface area contributed by atoms with E-state index in [-0.39, 0.29) is 17.9 Å². The van der Waals surface area contributed by atoms with E-state index in [1.807, 2.05) is 19.2 Å². The Morgan fingerprint density at radius 1 is 1.40 bits per heavy atom. The van der Waals surface area contributed by atoms with Gasteiger partial charge in [0.05, 0.1) is 6.10 Å². The van der Waals surface area contributed by atoms with Gasteiger partial charge in [-0.1, -0.05) is 24.3 Å². The lowest BCUT2D eigenvalue weighted by Crippen LogP contribution is -2.45. The van der Waals surface area contributed by atoms with Crippen molar-refractivity contribution in [1.82, 2.24) is 4.90 Å². The van der Waals surface area contributed by atoms with Crippen molar-refractivity contribution in [2.45, 2.75) is 44.9 Å². The molecule has 4 nitrogen and oxygen atoms in total. The second-order valence-electron chi connectivity index (χ2n) is 5.86. The van der Waals surface area contributed by atoms with Crippen molar-refractivity contribution in [3.05, 3.63) is 35.4 Å². The highest BCUT2D eigenvalue weighted by Gasteiger charge is 2.32. The van der Waals surface area contributed by atoms with E-state index in [4.69, 9.17) is 5.73 Å². The van der Waals surface area contributed by atoms with Gasteiger partial charge in [-0.05, 0) is 37.3 Å². The first-order valence-corrected chi connectivity index (χ1v) is 7.22. The fourth-order valence-electron chi connectivity index (χ4n) is 2.85. The van der Waals surface area contributed by atoms with Crippen LogP contribution in [-0.2, 0) is 11.3 Å². The third kappa shape index (κ3) is 3.38. The molecule has 0 saturated heterocycles. The molecule has 0 unspecified atom stereocenters. The van der Waals surface area contributed by atoms with Crippen LogP contribution in [0.15, 0.2) is 24.3 Å². The van der Waals surface area contributed by atoms with Crippen LogP contribution in [0, 0.1) is 12.8 Å². The largest absolute Gasteiger partial charge is 0.392 e. The van der Waals surface area contributed by atoms with E-state index in [9.17, 15) is 9.90 Å². The summed E-state index contributed by atoms with van der Waals surface area (Å²) in [4.78, 5) is 14.2. The fraction of sp³-hybridized carbons (Fsp3) is 0.562. The van der Waals surface area contributed by atoms with Gasteiger partial charge in [-0.2, -0.15) is 0 Å². The average molecular weight is 276 g/mol. The minimum absolute atomic E-state index is 0.0533. The Balaban J connectivity index is 1.97. The van der Waals surface area contributed by atoms with Crippen LogP contribution in [0.25, 0.3) is 0 Å². The van der Waals surface area contributed by atoms with Gasteiger partial charge in [-0.25, -0.2) is 0 Å². The minimum Gasteiger partial charge on any atom is -0.392 e. The van der Waals surface area contributed by atoms with Crippen molar-refractivity contribution in [3.63, 3.8) is 0 Å². The summed E-state index contributed by atoms with van der Waals surface area (Å²) in [6.45, 7) is 2.68. The van der Waals surface area contributed by atoms with Crippen LogP contribution in [0.4, 0.5) is 0 Å². The van der Waals surface area contributed by atoms with Crippen LogP contribution < -0.4 is 5.73 Å². The van der Waals surface area contributed by atoms with E-state index in [1.54, 1.807) is 4.90 Å². The molecule has 4 heteroatoms. The highest BCUT2D eigenvalue weighted by Crippen LogP contribution is 2.25. The Kier molecular flexibility index (Phi) is 4.78. The zero-order chi connectivity index (χ0) is 14.7. The summed E-state index contributed by atoms with van der Waals surface area (Å²) in [5, 5.41) is 9.64. The van der Waals surface area contributed by atoms with E-state index < -0.39 is 6.10 Å². The Morgan fingerprint density at radius 3 is 2.75 bits per heavy atom. The summed E-state index contributed by atoms with van der Waals surface area (Å²) in [6.07, 6.45) is 1.47. The smallest absolute Gasteiger partial charge is 0.225 e. The number of nitrogens with zero attached hydrogens (tertiary/aromatic N) is 1. The van der Waals surface area contributed by atoms with Crippen molar-refractivity contribution in [1.29, 1.82) is 0 Å². The third-order valence-electron chi connectivity index (χ3n) is 4.26. The van der Waals surface area contributed by atoms with E-state index in [2.05, 4.69) is 19.1 Å². The summed E-state index contributed by atoms with van der Waals surface area (Å²) < 4.78 is 0. The summed E-state index contributed by atoms with van der Waals surface area (Å²) in [5.74, 6) is 0.0815. The maximum atomic E-state index is 12.5. The number of aliphatic hydroxyl groups excluding tert-OH is 1. The van der Waals surface area contributed by atoms with Gasteiger partial charge < -0.3 is 15.7 Å². The lowest BCUT2D eigenvalue weighted by Gasteiger charge is -2.32. The van der Waals surface area contributed by atoms with Crippen LogP contribution in [0.1, 0.15) is 30.4 Å². The molecule has 3 atom stereocenters. The molecule has 1 aliphatic rings. The molecule has 3 N–H and O–H groups in total. The number of amides is 1. The number of hydrogen-bond donors (Lipinski definition) is 2. The Labute approximate surface area is 120 Å². The molecule has 110 valence electrons. The van der Waals surface area contributed by atoms with Crippen molar-refractivity contribution < 1.29 is 9.90 Å². The van der Waals surface area contributed by atoms with E-state index in [0.29, 0.717) is 19.4 Å². The monoisotopic (exact) mass is 276 g/mol. The number of carbonyl (C=O) groups excluding carboxylic acids is 1. The summed E-state index contributed by atoms with van der Waals surface area (Å²) >= 11 is 0. The Bertz CT molecular complexity index is 475. The van der Waals surface area contributed by atoms with Crippen molar-refractivity contribution in [3.8, 4) is 0 Å². The number of carbonyl (C=O) groups is 1. The second-order valence-corrected chi connectivity index (χ2v) is 5.86. The number of rotatable bonds is 3. The highest BCUT2D eigenvalue weighted by atomic mass is 16.3. The van der Waals surface area contributed by atoms with E-state index in [0.717, 1.165) is 6.42 Å². The molecule has 0 radical (unpaired) electrons. The van der Waals surface area contributed by atoms with Gasteiger partial charge in [0, 0.05) is 25.6 Å². The standard InChI is InChI=1S/C16H24N2O2/c1-11-5-3-4-6-13(11)10-18(2)16(20)12-7-8-15(19)14(17)9-12/h3-6,12,14-15,19H,7-10,17H2,1-2H3/t12-,14+,15+/m0/s1. The molecule has 1 amide bonds. The quantitative estimate of drug-likeness (QED) is 0.878. The maximum Gasteiger partial charge on any atom is 0.225 e. The lowest BCUT2D eigenvalue weighted by molar-refractivity contribution is -0.136. The zero-order valence-corrected chi connectivity index (χ0v) is 12.2. The number of aryl methyl sites for hydroxylation is 1. The van der Waals surface area contributed by atoms with Crippen LogP contribution in [-0.4, -0.2) is 35.1 Å². The topological polar surface area (TPSA) is 66.6 Å². The number of hydrogen-bond acceptors (Lipinski definition) is 3. The molecular formula is C16H24N2O2. The van der Waals surface area contributed by atoms with Crippen molar-refractivity contribution in [2.24, 2.45) is 11.7 Å². The molecule has 0 aliphatic heterocycles.